The van der Waals surface area contributed by atoms with Gasteiger partial charge in [0.15, 0.2) is 0 Å². The van der Waals surface area contributed by atoms with Gasteiger partial charge in [-0.3, -0.25) is 4.79 Å². The fourth-order valence-corrected chi connectivity index (χ4v) is 5.77. The number of benzene rings is 2. The number of amides is 1. The van der Waals surface area contributed by atoms with Gasteiger partial charge in [-0.2, -0.15) is 0 Å². The molecule has 1 atom stereocenters. The van der Waals surface area contributed by atoms with E-state index in [1.54, 1.807) is 0 Å². The molecule has 3 aliphatic rings. The van der Waals surface area contributed by atoms with E-state index in [9.17, 15) is 4.79 Å². The molecule has 0 bridgehead atoms. The lowest BCUT2D eigenvalue weighted by molar-refractivity contribution is 0.0662. The van der Waals surface area contributed by atoms with E-state index >= 15 is 0 Å². The molecule has 35 heavy (non-hydrogen) atoms. The van der Waals surface area contributed by atoms with E-state index in [4.69, 9.17) is 4.74 Å². The average molecular weight is 476 g/mol. The van der Waals surface area contributed by atoms with Crippen molar-refractivity contribution in [2.24, 2.45) is 11.8 Å². The second-order valence-electron chi connectivity index (χ2n) is 10.9. The summed E-state index contributed by atoms with van der Waals surface area (Å²) in [4.78, 5) is 15.4. The first kappa shape index (κ1) is 24.3. The molecular formula is C30H41N3O2. The molecular weight excluding hydrogens is 434 g/mol. The van der Waals surface area contributed by atoms with Crippen molar-refractivity contribution >= 4 is 11.6 Å². The zero-order valence-corrected chi connectivity index (χ0v) is 21.2. The lowest BCUT2D eigenvalue weighted by atomic mass is 9.87. The van der Waals surface area contributed by atoms with E-state index in [2.05, 4.69) is 52.8 Å². The number of aryl methyl sites for hydroxylation is 1. The molecule has 0 spiro atoms. The number of nitrogens with one attached hydrogen (secondary N) is 2. The van der Waals surface area contributed by atoms with Gasteiger partial charge in [0.05, 0.1) is 0 Å². The number of hydrogen-bond acceptors (Lipinski definition) is 4. The van der Waals surface area contributed by atoms with Crippen LogP contribution < -0.4 is 15.5 Å². The predicted octanol–water partition coefficient (Wildman–Crippen LogP) is 4.73. The maximum atomic E-state index is 12.9. The van der Waals surface area contributed by atoms with Crippen LogP contribution in [0.1, 0.15) is 66.1 Å². The Balaban J connectivity index is 1.10. The molecule has 2 aromatic carbocycles. The molecule has 0 unspecified atom stereocenters. The summed E-state index contributed by atoms with van der Waals surface area (Å²) in [5.74, 6) is 1.61. The molecule has 5 rings (SSSR count). The fraction of sp³-hybridized carbons (Fsp3) is 0.567. The summed E-state index contributed by atoms with van der Waals surface area (Å²) in [6, 6.07) is 15.3. The third-order valence-corrected chi connectivity index (χ3v) is 8.22. The van der Waals surface area contributed by atoms with Crippen molar-refractivity contribution < 1.29 is 9.53 Å². The normalized spacial score (nSPS) is 21.5. The molecule has 2 aliphatic heterocycles. The minimum Gasteiger partial charge on any atom is -0.381 e. The standard InChI is InChI=1S/C30H41N3O2/c1-22-10-14-33(15-11-22)29-8-5-25(6-9-29)30(34)32-28-7-4-26-18-24(2-3-27(26)19-28)21-31-20-23-12-16-35-17-13-23/h2-3,5-6,8-9,18,22-23,28,31H,4,7,10-17,19-21H2,1H3,(H,32,34)/t28-/m0/s1. The molecule has 188 valence electrons. The molecule has 1 aliphatic carbocycles. The van der Waals surface area contributed by atoms with Crippen molar-refractivity contribution in [1.82, 2.24) is 10.6 Å². The molecule has 0 saturated carbocycles. The average Bonchev–Trinajstić information content (AvgIpc) is 2.90. The number of rotatable bonds is 7. The Hall–Kier alpha value is -2.37. The van der Waals surface area contributed by atoms with Crippen LogP contribution in [0.3, 0.4) is 0 Å². The van der Waals surface area contributed by atoms with Crippen LogP contribution in [0.25, 0.3) is 0 Å². The van der Waals surface area contributed by atoms with E-state index in [1.807, 2.05) is 12.1 Å². The zero-order chi connectivity index (χ0) is 24.0. The number of hydrogen-bond donors (Lipinski definition) is 2. The van der Waals surface area contributed by atoms with Crippen LogP contribution in [0, 0.1) is 11.8 Å². The molecule has 2 N–H and O–H groups in total. The van der Waals surface area contributed by atoms with Crippen molar-refractivity contribution in [3.05, 3.63) is 64.7 Å². The molecule has 5 nitrogen and oxygen atoms in total. The van der Waals surface area contributed by atoms with Gasteiger partial charge in [-0.25, -0.2) is 0 Å². The summed E-state index contributed by atoms with van der Waals surface area (Å²) in [6.07, 6.45) is 7.79. The molecule has 2 saturated heterocycles. The Kier molecular flexibility index (Phi) is 8.05. The minimum atomic E-state index is 0.0474. The van der Waals surface area contributed by atoms with Crippen LogP contribution in [0.15, 0.2) is 42.5 Å². The molecule has 5 heteroatoms. The van der Waals surface area contributed by atoms with E-state index in [0.29, 0.717) is 0 Å². The van der Waals surface area contributed by atoms with Crippen LogP contribution in [-0.4, -0.2) is 44.8 Å². The van der Waals surface area contributed by atoms with E-state index < -0.39 is 0 Å². The Morgan fingerprint density at radius 1 is 0.971 bits per heavy atom. The minimum absolute atomic E-state index is 0.0474. The number of carbonyl (C=O) groups is 1. The number of fused-ring (bicyclic) bond motifs is 1. The Labute approximate surface area is 210 Å². The van der Waals surface area contributed by atoms with E-state index in [1.165, 1.54) is 48.1 Å². The van der Waals surface area contributed by atoms with Gasteiger partial charge in [0, 0.05) is 50.1 Å². The van der Waals surface area contributed by atoms with E-state index in [-0.39, 0.29) is 11.9 Å². The van der Waals surface area contributed by atoms with Gasteiger partial charge in [-0.15, -0.1) is 0 Å². The molecule has 2 fully saturated rings. The highest BCUT2D eigenvalue weighted by molar-refractivity contribution is 5.94. The first-order chi connectivity index (χ1) is 17.1. The van der Waals surface area contributed by atoms with Crippen LogP contribution >= 0.6 is 0 Å². The number of anilines is 1. The van der Waals surface area contributed by atoms with Crippen LogP contribution in [0.5, 0.6) is 0 Å². The van der Waals surface area contributed by atoms with Crippen molar-refractivity contribution in [3.63, 3.8) is 0 Å². The Morgan fingerprint density at radius 3 is 2.51 bits per heavy atom. The van der Waals surface area contributed by atoms with Gasteiger partial charge in [0.25, 0.3) is 5.91 Å². The van der Waals surface area contributed by atoms with Crippen LogP contribution in [0.4, 0.5) is 5.69 Å². The van der Waals surface area contributed by atoms with Crippen molar-refractivity contribution in [2.45, 2.75) is 64.5 Å². The SMILES string of the molecule is CC1CCN(c2ccc(C(=O)N[C@H]3CCc4cc(CNCC5CCOCC5)ccc4C3)cc2)CC1. The monoisotopic (exact) mass is 475 g/mol. The van der Waals surface area contributed by atoms with Gasteiger partial charge in [-0.05, 0) is 104 Å². The van der Waals surface area contributed by atoms with Gasteiger partial charge in [0.2, 0.25) is 0 Å². The maximum absolute atomic E-state index is 12.9. The molecule has 0 aromatic heterocycles. The summed E-state index contributed by atoms with van der Waals surface area (Å²) in [5.41, 5.74) is 6.18. The van der Waals surface area contributed by atoms with Gasteiger partial charge in [-0.1, -0.05) is 25.1 Å². The summed E-state index contributed by atoms with van der Waals surface area (Å²) < 4.78 is 5.46. The second-order valence-corrected chi connectivity index (χ2v) is 10.9. The quantitative estimate of drug-likeness (QED) is 0.608. The highest BCUT2D eigenvalue weighted by Crippen LogP contribution is 2.25. The van der Waals surface area contributed by atoms with Crippen molar-refractivity contribution in [3.8, 4) is 0 Å². The second kappa shape index (κ2) is 11.6. The third kappa shape index (κ3) is 6.45. The number of nitrogens with zero attached hydrogens (tertiary/aromatic N) is 1. The lowest BCUT2D eigenvalue weighted by Gasteiger charge is -2.32. The van der Waals surface area contributed by atoms with Crippen molar-refractivity contribution in [2.75, 3.05) is 37.7 Å². The summed E-state index contributed by atoms with van der Waals surface area (Å²) in [5, 5.41) is 6.93. The Morgan fingerprint density at radius 2 is 1.74 bits per heavy atom. The van der Waals surface area contributed by atoms with E-state index in [0.717, 1.165) is 76.1 Å². The first-order valence-corrected chi connectivity index (χ1v) is 13.7. The number of piperidine rings is 1. The Bertz CT molecular complexity index is 976. The lowest BCUT2D eigenvalue weighted by Crippen LogP contribution is -2.39. The smallest absolute Gasteiger partial charge is 0.251 e. The summed E-state index contributed by atoms with van der Waals surface area (Å²) in [7, 11) is 0. The highest BCUT2D eigenvalue weighted by atomic mass is 16.5. The highest BCUT2D eigenvalue weighted by Gasteiger charge is 2.22. The van der Waals surface area contributed by atoms with Crippen LogP contribution in [0.2, 0.25) is 0 Å². The third-order valence-electron chi connectivity index (χ3n) is 8.22. The number of ether oxygens (including phenoxy) is 1. The van der Waals surface area contributed by atoms with Gasteiger partial charge in [0.1, 0.15) is 0 Å². The zero-order valence-electron chi connectivity index (χ0n) is 21.2. The molecule has 1 amide bonds. The fourth-order valence-electron chi connectivity index (χ4n) is 5.77. The largest absolute Gasteiger partial charge is 0.381 e. The topological polar surface area (TPSA) is 53.6 Å². The summed E-state index contributed by atoms with van der Waals surface area (Å²) >= 11 is 0. The maximum Gasteiger partial charge on any atom is 0.251 e. The van der Waals surface area contributed by atoms with Crippen LogP contribution in [-0.2, 0) is 24.1 Å². The summed E-state index contributed by atoms with van der Waals surface area (Å²) in [6.45, 7) is 8.38. The van der Waals surface area contributed by atoms with Gasteiger partial charge < -0.3 is 20.3 Å². The first-order valence-electron chi connectivity index (χ1n) is 13.7. The van der Waals surface area contributed by atoms with Crippen molar-refractivity contribution in [1.29, 1.82) is 0 Å². The molecule has 2 heterocycles. The number of carbonyl (C=O) groups excluding carboxylic acids is 1. The molecule has 0 radical (unpaired) electrons. The van der Waals surface area contributed by atoms with Gasteiger partial charge >= 0.3 is 0 Å². The molecule has 2 aromatic rings. The predicted molar refractivity (Wildman–Crippen MR) is 142 cm³/mol.